The lowest BCUT2D eigenvalue weighted by atomic mass is 10.0. The molecule has 14 heavy (non-hydrogen) atoms. The van der Waals surface area contributed by atoms with Crippen LogP contribution >= 0.6 is 0 Å². The van der Waals surface area contributed by atoms with Gasteiger partial charge >= 0.3 is 5.97 Å². The van der Waals surface area contributed by atoms with E-state index in [0.29, 0.717) is 5.75 Å². The van der Waals surface area contributed by atoms with Gasteiger partial charge in [-0.2, -0.15) is 0 Å². The highest BCUT2D eigenvalue weighted by Gasteiger charge is 2.35. The molecule has 0 fully saturated rings. The van der Waals surface area contributed by atoms with Gasteiger partial charge in [0.15, 0.2) is 0 Å². The van der Waals surface area contributed by atoms with Gasteiger partial charge in [0.1, 0.15) is 5.75 Å². The smallest absolute Gasteiger partial charge is 0.351 e. The lowest BCUT2D eigenvalue weighted by Crippen LogP contribution is -2.40. The third-order valence-corrected chi connectivity index (χ3v) is 2.25. The summed E-state index contributed by atoms with van der Waals surface area (Å²) >= 11 is 0. The molecule has 2 rings (SSSR count). The zero-order chi connectivity index (χ0) is 10.2. The number of rotatable bonds is 1. The summed E-state index contributed by atoms with van der Waals surface area (Å²) in [5, 5.41) is 8.95. The highest BCUT2D eigenvalue weighted by atomic mass is 16.5. The summed E-state index contributed by atoms with van der Waals surface area (Å²) < 4.78 is 5.39. The molecule has 1 heterocycles. The van der Waals surface area contributed by atoms with E-state index in [1.807, 2.05) is 18.2 Å². The molecule has 1 aliphatic heterocycles. The molecule has 0 saturated carbocycles. The first-order chi connectivity index (χ1) is 6.62. The first-order valence-electron chi connectivity index (χ1n) is 4.32. The molecule has 0 amide bonds. The predicted molar refractivity (Wildman–Crippen MR) is 52.1 cm³/mol. The van der Waals surface area contributed by atoms with Gasteiger partial charge in [-0.1, -0.05) is 24.3 Å². The zero-order valence-corrected chi connectivity index (χ0v) is 7.73. The quantitative estimate of drug-likeness (QED) is 0.736. The van der Waals surface area contributed by atoms with E-state index >= 15 is 0 Å². The van der Waals surface area contributed by atoms with Crippen LogP contribution in [0.15, 0.2) is 30.3 Å². The van der Waals surface area contributed by atoms with Gasteiger partial charge in [-0.15, -0.1) is 0 Å². The molecule has 0 aliphatic carbocycles. The number of fused-ring (bicyclic) bond motifs is 1. The SMILES string of the molecule is C[C@@]1(C(=O)O)C=Cc2ccccc2O1. The maximum absolute atomic E-state index is 10.9. The number of benzene rings is 1. The average molecular weight is 190 g/mol. The minimum atomic E-state index is -1.24. The van der Waals surface area contributed by atoms with Crippen LogP contribution < -0.4 is 4.74 Å². The monoisotopic (exact) mass is 190 g/mol. The number of aliphatic carboxylic acids is 1. The van der Waals surface area contributed by atoms with Crippen LogP contribution in [0.4, 0.5) is 0 Å². The first kappa shape index (κ1) is 8.81. The van der Waals surface area contributed by atoms with Crippen LogP contribution in [0.5, 0.6) is 5.75 Å². The molecule has 1 N–H and O–H groups in total. The van der Waals surface area contributed by atoms with Gasteiger partial charge in [0.25, 0.3) is 0 Å². The molecule has 1 aliphatic rings. The van der Waals surface area contributed by atoms with Gasteiger partial charge in [0.05, 0.1) is 0 Å². The summed E-state index contributed by atoms with van der Waals surface area (Å²) in [5.41, 5.74) is -0.333. The Hall–Kier alpha value is -1.77. The summed E-state index contributed by atoms with van der Waals surface area (Å²) in [4.78, 5) is 10.9. The van der Waals surface area contributed by atoms with Crippen molar-refractivity contribution < 1.29 is 14.6 Å². The van der Waals surface area contributed by atoms with Crippen molar-refractivity contribution in [2.45, 2.75) is 12.5 Å². The summed E-state index contributed by atoms with van der Waals surface area (Å²) in [7, 11) is 0. The second kappa shape index (κ2) is 2.87. The van der Waals surface area contributed by atoms with Crippen molar-refractivity contribution in [3.05, 3.63) is 35.9 Å². The molecule has 1 aromatic carbocycles. The maximum atomic E-state index is 10.9. The summed E-state index contributed by atoms with van der Waals surface area (Å²) in [6.07, 6.45) is 3.32. The number of para-hydroxylation sites is 1. The Balaban J connectivity index is 2.43. The minimum absolute atomic E-state index is 0.611. The molecule has 0 unspecified atom stereocenters. The lowest BCUT2D eigenvalue weighted by Gasteiger charge is -2.27. The topological polar surface area (TPSA) is 46.5 Å². The van der Waals surface area contributed by atoms with Gasteiger partial charge < -0.3 is 9.84 Å². The van der Waals surface area contributed by atoms with E-state index in [0.717, 1.165) is 5.56 Å². The van der Waals surface area contributed by atoms with Gasteiger partial charge in [-0.3, -0.25) is 0 Å². The zero-order valence-electron chi connectivity index (χ0n) is 7.73. The molecule has 3 nitrogen and oxygen atoms in total. The average Bonchev–Trinajstić information content (AvgIpc) is 2.17. The summed E-state index contributed by atoms with van der Waals surface area (Å²) in [5.74, 6) is -0.372. The molecule has 0 bridgehead atoms. The number of carbonyl (C=O) groups is 1. The number of hydrogen-bond acceptors (Lipinski definition) is 2. The Kier molecular flexibility index (Phi) is 1.81. The van der Waals surface area contributed by atoms with Crippen LogP contribution in [0.2, 0.25) is 0 Å². The van der Waals surface area contributed by atoms with Crippen LogP contribution in [-0.4, -0.2) is 16.7 Å². The van der Waals surface area contributed by atoms with E-state index in [1.54, 1.807) is 18.2 Å². The van der Waals surface area contributed by atoms with Crippen LogP contribution in [0.25, 0.3) is 6.08 Å². The summed E-state index contributed by atoms with van der Waals surface area (Å²) in [6.45, 7) is 1.53. The van der Waals surface area contributed by atoms with E-state index in [1.165, 1.54) is 6.92 Å². The van der Waals surface area contributed by atoms with E-state index in [-0.39, 0.29) is 0 Å². The Bertz CT molecular complexity index is 409. The van der Waals surface area contributed by atoms with Crippen LogP contribution in [0.1, 0.15) is 12.5 Å². The molecule has 0 radical (unpaired) electrons. The highest BCUT2D eigenvalue weighted by Crippen LogP contribution is 2.30. The van der Waals surface area contributed by atoms with Gasteiger partial charge in [-0.05, 0) is 19.1 Å². The number of carboxylic acid groups (broad SMARTS) is 1. The van der Waals surface area contributed by atoms with Gasteiger partial charge in [0, 0.05) is 5.56 Å². The third-order valence-electron chi connectivity index (χ3n) is 2.25. The molecule has 1 atom stereocenters. The van der Waals surface area contributed by atoms with Crippen LogP contribution in [0.3, 0.4) is 0 Å². The van der Waals surface area contributed by atoms with Crippen molar-refractivity contribution in [1.29, 1.82) is 0 Å². The first-order valence-corrected chi connectivity index (χ1v) is 4.32. The van der Waals surface area contributed by atoms with Crippen molar-refractivity contribution in [2.24, 2.45) is 0 Å². The summed E-state index contributed by atoms with van der Waals surface area (Å²) in [6, 6.07) is 7.35. The molecule has 0 aromatic heterocycles. The fourth-order valence-electron chi connectivity index (χ4n) is 1.34. The normalized spacial score (nSPS) is 23.8. The Morgan fingerprint density at radius 3 is 2.86 bits per heavy atom. The van der Waals surface area contributed by atoms with E-state index < -0.39 is 11.6 Å². The number of hydrogen-bond donors (Lipinski definition) is 1. The van der Waals surface area contributed by atoms with Crippen LogP contribution in [0, 0.1) is 0 Å². The molecule has 0 spiro atoms. The fourth-order valence-corrected chi connectivity index (χ4v) is 1.34. The second-order valence-electron chi connectivity index (χ2n) is 3.39. The Morgan fingerprint density at radius 2 is 2.14 bits per heavy atom. The Morgan fingerprint density at radius 1 is 1.43 bits per heavy atom. The molecule has 0 saturated heterocycles. The molecule has 3 heteroatoms. The minimum Gasteiger partial charge on any atom is -0.478 e. The second-order valence-corrected chi connectivity index (χ2v) is 3.39. The van der Waals surface area contributed by atoms with Gasteiger partial charge in [0.2, 0.25) is 5.60 Å². The molecule has 1 aromatic rings. The number of carboxylic acids is 1. The van der Waals surface area contributed by atoms with E-state index in [9.17, 15) is 4.79 Å². The third kappa shape index (κ3) is 1.27. The lowest BCUT2D eigenvalue weighted by molar-refractivity contribution is -0.149. The van der Waals surface area contributed by atoms with Crippen molar-refractivity contribution >= 4 is 12.0 Å². The molecular weight excluding hydrogens is 180 g/mol. The Labute approximate surface area is 81.6 Å². The van der Waals surface area contributed by atoms with Crippen molar-refractivity contribution in [1.82, 2.24) is 0 Å². The van der Waals surface area contributed by atoms with Crippen molar-refractivity contribution in [3.63, 3.8) is 0 Å². The molecular formula is C11H10O3. The van der Waals surface area contributed by atoms with E-state index in [4.69, 9.17) is 9.84 Å². The van der Waals surface area contributed by atoms with Crippen molar-refractivity contribution in [2.75, 3.05) is 0 Å². The highest BCUT2D eigenvalue weighted by molar-refractivity contribution is 5.83. The molecule has 72 valence electrons. The van der Waals surface area contributed by atoms with Crippen LogP contribution in [-0.2, 0) is 4.79 Å². The maximum Gasteiger partial charge on any atom is 0.351 e. The number of ether oxygens (including phenoxy) is 1. The largest absolute Gasteiger partial charge is 0.478 e. The standard InChI is InChI=1S/C11H10O3/c1-11(10(12)13)7-6-8-4-2-3-5-9(8)14-11/h2-7H,1H3,(H,12,13)/t11-/m0/s1. The fraction of sp³-hybridized carbons (Fsp3) is 0.182. The van der Waals surface area contributed by atoms with E-state index in [2.05, 4.69) is 0 Å². The van der Waals surface area contributed by atoms with Gasteiger partial charge in [-0.25, -0.2) is 4.79 Å². The predicted octanol–water partition coefficient (Wildman–Crippen LogP) is 1.94. The van der Waals surface area contributed by atoms with Crippen molar-refractivity contribution in [3.8, 4) is 5.75 Å².